The minimum Gasteiger partial charge on any atom is -0.449 e. The molecule has 0 radical (unpaired) electrons. The summed E-state index contributed by atoms with van der Waals surface area (Å²) in [5, 5.41) is 2.70. The van der Waals surface area contributed by atoms with E-state index in [4.69, 9.17) is 10.5 Å². The first-order valence-corrected chi connectivity index (χ1v) is 5.99. The van der Waals surface area contributed by atoms with Crippen molar-refractivity contribution in [1.82, 2.24) is 0 Å². The van der Waals surface area contributed by atoms with Crippen molar-refractivity contribution in [2.45, 2.75) is 26.2 Å². The van der Waals surface area contributed by atoms with Crippen LogP contribution in [0.1, 0.15) is 25.3 Å². The molecule has 0 bridgehead atoms. The molecule has 0 unspecified atom stereocenters. The largest absolute Gasteiger partial charge is 0.449 e. The highest BCUT2D eigenvalue weighted by Gasteiger charge is 2.02. The highest BCUT2D eigenvalue weighted by atomic mass is 16.5. The molecule has 0 aliphatic rings. The number of ether oxygens (including phenoxy) is 1. The summed E-state index contributed by atoms with van der Waals surface area (Å²) in [5.41, 5.74) is 7.39. The van der Waals surface area contributed by atoms with Crippen molar-refractivity contribution < 1.29 is 9.53 Å². The summed E-state index contributed by atoms with van der Waals surface area (Å²) in [5.74, 6) is 0. The fourth-order valence-electron chi connectivity index (χ4n) is 1.46. The van der Waals surface area contributed by atoms with Crippen LogP contribution in [0.15, 0.2) is 24.3 Å². The van der Waals surface area contributed by atoms with Gasteiger partial charge in [-0.25, -0.2) is 4.79 Å². The van der Waals surface area contributed by atoms with Crippen LogP contribution in [0.2, 0.25) is 0 Å². The Morgan fingerprint density at radius 2 is 2.29 bits per heavy atom. The molecule has 1 amide bonds. The molecule has 3 N–H and O–H groups in total. The second kappa shape index (κ2) is 7.68. The van der Waals surface area contributed by atoms with E-state index in [9.17, 15) is 4.79 Å². The van der Waals surface area contributed by atoms with Gasteiger partial charge in [-0.3, -0.25) is 5.32 Å². The van der Waals surface area contributed by atoms with E-state index in [2.05, 4.69) is 5.32 Å². The van der Waals surface area contributed by atoms with Gasteiger partial charge in [-0.15, -0.1) is 0 Å². The lowest BCUT2D eigenvalue weighted by Crippen LogP contribution is -2.14. The number of anilines is 1. The molecular weight excluding hydrogens is 216 g/mol. The molecule has 0 aromatic heterocycles. The van der Waals surface area contributed by atoms with Crippen LogP contribution >= 0.6 is 0 Å². The highest BCUT2D eigenvalue weighted by molar-refractivity contribution is 5.84. The number of carbonyl (C=O) groups is 1. The van der Waals surface area contributed by atoms with Gasteiger partial charge < -0.3 is 10.5 Å². The van der Waals surface area contributed by atoms with Crippen molar-refractivity contribution in [2.24, 2.45) is 5.73 Å². The van der Waals surface area contributed by atoms with Gasteiger partial charge in [-0.2, -0.15) is 0 Å². The normalized spacial score (nSPS) is 10.0. The molecule has 0 atom stereocenters. The molecule has 1 aromatic rings. The van der Waals surface area contributed by atoms with Crippen LogP contribution in [-0.2, 0) is 11.2 Å². The number of carbonyl (C=O) groups excluding carboxylic acids is 1. The average Bonchev–Trinajstić information content (AvgIpc) is 2.34. The van der Waals surface area contributed by atoms with Gasteiger partial charge >= 0.3 is 6.09 Å². The molecule has 0 saturated carbocycles. The van der Waals surface area contributed by atoms with Crippen LogP contribution in [0, 0.1) is 0 Å². The van der Waals surface area contributed by atoms with Gasteiger partial charge in [-0.1, -0.05) is 19.1 Å². The third-order valence-corrected chi connectivity index (χ3v) is 2.28. The molecule has 1 rings (SSSR count). The molecule has 4 nitrogen and oxygen atoms in total. The van der Waals surface area contributed by atoms with E-state index in [-0.39, 0.29) is 0 Å². The first-order chi connectivity index (χ1) is 8.26. The van der Waals surface area contributed by atoms with Crippen LogP contribution in [0.25, 0.3) is 0 Å². The highest BCUT2D eigenvalue weighted by Crippen LogP contribution is 2.12. The average molecular weight is 236 g/mol. The predicted molar refractivity (Wildman–Crippen MR) is 69.1 cm³/mol. The van der Waals surface area contributed by atoms with Gasteiger partial charge in [0.25, 0.3) is 0 Å². The lowest BCUT2D eigenvalue weighted by atomic mass is 10.1. The summed E-state index contributed by atoms with van der Waals surface area (Å²) >= 11 is 0. The van der Waals surface area contributed by atoms with Crippen LogP contribution in [0.4, 0.5) is 10.5 Å². The Labute approximate surface area is 102 Å². The van der Waals surface area contributed by atoms with Crippen molar-refractivity contribution in [3.05, 3.63) is 29.8 Å². The number of nitrogens with one attached hydrogen (secondary N) is 1. The fraction of sp³-hybridized carbons (Fsp3) is 0.462. The Morgan fingerprint density at radius 1 is 1.47 bits per heavy atom. The first-order valence-electron chi connectivity index (χ1n) is 5.99. The molecular formula is C13H20N2O2. The maximum absolute atomic E-state index is 11.3. The van der Waals surface area contributed by atoms with Crippen LogP contribution in [-0.4, -0.2) is 19.2 Å². The van der Waals surface area contributed by atoms with Gasteiger partial charge in [-0.05, 0) is 43.5 Å². The van der Waals surface area contributed by atoms with E-state index >= 15 is 0 Å². The Hall–Kier alpha value is -1.55. The molecule has 0 fully saturated rings. The smallest absolute Gasteiger partial charge is 0.411 e. The van der Waals surface area contributed by atoms with Crippen molar-refractivity contribution in [3.63, 3.8) is 0 Å². The standard InChI is InChI=1S/C13H20N2O2/c1-2-9-17-13(16)15-12-7-3-5-11(10-12)6-4-8-14/h3,5,7,10H,2,4,6,8-9,14H2,1H3,(H,15,16). The van der Waals surface area contributed by atoms with Crippen LogP contribution < -0.4 is 11.1 Å². The Morgan fingerprint density at radius 3 is 3.00 bits per heavy atom. The molecule has 0 spiro atoms. The van der Waals surface area contributed by atoms with E-state index in [1.54, 1.807) is 0 Å². The maximum Gasteiger partial charge on any atom is 0.411 e. The topological polar surface area (TPSA) is 64.3 Å². The number of nitrogens with two attached hydrogens (primary N) is 1. The quantitative estimate of drug-likeness (QED) is 0.797. The van der Waals surface area contributed by atoms with Crippen molar-refractivity contribution in [2.75, 3.05) is 18.5 Å². The summed E-state index contributed by atoms with van der Waals surface area (Å²) in [6.07, 6.45) is 2.30. The van der Waals surface area contributed by atoms with E-state index < -0.39 is 6.09 Å². The molecule has 4 heteroatoms. The Kier molecular flexibility index (Phi) is 6.10. The zero-order valence-electron chi connectivity index (χ0n) is 10.2. The van der Waals surface area contributed by atoms with Crippen LogP contribution in [0.5, 0.6) is 0 Å². The summed E-state index contributed by atoms with van der Waals surface area (Å²) in [4.78, 5) is 11.3. The number of amides is 1. The lowest BCUT2D eigenvalue weighted by Gasteiger charge is -2.07. The van der Waals surface area contributed by atoms with Gasteiger partial charge in [0.1, 0.15) is 0 Å². The SMILES string of the molecule is CCCOC(=O)Nc1cccc(CCCN)c1. The first kappa shape index (κ1) is 13.5. The van der Waals surface area contributed by atoms with E-state index in [0.717, 1.165) is 24.9 Å². The Bertz CT molecular complexity index is 353. The maximum atomic E-state index is 11.3. The lowest BCUT2D eigenvalue weighted by molar-refractivity contribution is 0.161. The fourth-order valence-corrected chi connectivity index (χ4v) is 1.46. The summed E-state index contributed by atoms with van der Waals surface area (Å²) < 4.78 is 4.95. The number of rotatable bonds is 6. The van der Waals surface area contributed by atoms with E-state index in [1.165, 1.54) is 5.56 Å². The third-order valence-electron chi connectivity index (χ3n) is 2.28. The molecule has 1 aromatic carbocycles. The van der Waals surface area contributed by atoms with Gasteiger partial charge in [0.15, 0.2) is 0 Å². The Balaban J connectivity index is 2.50. The second-order valence-electron chi connectivity index (χ2n) is 3.85. The summed E-state index contributed by atoms with van der Waals surface area (Å²) in [6.45, 7) is 3.08. The number of hydrogen-bond acceptors (Lipinski definition) is 3. The van der Waals surface area contributed by atoms with E-state index in [1.807, 2.05) is 31.2 Å². The minimum absolute atomic E-state index is 0.400. The molecule has 0 aliphatic heterocycles. The molecule has 0 saturated heterocycles. The molecule has 94 valence electrons. The second-order valence-corrected chi connectivity index (χ2v) is 3.85. The zero-order chi connectivity index (χ0) is 12.5. The van der Waals surface area contributed by atoms with Crippen molar-refractivity contribution in [1.29, 1.82) is 0 Å². The third kappa shape index (κ3) is 5.36. The number of aryl methyl sites for hydroxylation is 1. The molecule has 0 aliphatic carbocycles. The van der Waals surface area contributed by atoms with Crippen molar-refractivity contribution >= 4 is 11.8 Å². The molecule has 0 heterocycles. The molecule has 17 heavy (non-hydrogen) atoms. The summed E-state index contributed by atoms with van der Waals surface area (Å²) in [6, 6.07) is 7.74. The summed E-state index contributed by atoms with van der Waals surface area (Å²) in [7, 11) is 0. The monoisotopic (exact) mass is 236 g/mol. The minimum atomic E-state index is -0.400. The van der Waals surface area contributed by atoms with Gasteiger partial charge in [0, 0.05) is 5.69 Å². The van der Waals surface area contributed by atoms with E-state index in [0.29, 0.717) is 13.2 Å². The van der Waals surface area contributed by atoms with Crippen LogP contribution in [0.3, 0.4) is 0 Å². The predicted octanol–water partition coefficient (Wildman–Crippen LogP) is 2.54. The van der Waals surface area contributed by atoms with Gasteiger partial charge in [0.05, 0.1) is 6.61 Å². The van der Waals surface area contributed by atoms with Gasteiger partial charge in [0.2, 0.25) is 0 Å². The number of hydrogen-bond donors (Lipinski definition) is 2. The van der Waals surface area contributed by atoms with Crippen molar-refractivity contribution in [3.8, 4) is 0 Å². The number of benzene rings is 1. The zero-order valence-corrected chi connectivity index (χ0v) is 10.2.